The molecule has 0 spiro atoms. The van der Waals surface area contributed by atoms with Crippen LogP contribution < -0.4 is 6.15 Å². The SMILES string of the molecule is O=S(=O)([O-])CCCCO.[NH4+]. The average Bonchev–Trinajstić information content (AvgIpc) is 1.63. The number of quaternary nitrogens is 1. The summed E-state index contributed by atoms with van der Waals surface area (Å²) in [6.07, 6.45) is 0.629. The van der Waals surface area contributed by atoms with Gasteiger partial charge in [0.15, 0.2) is 0 Å². The molecule has 0 aliphatic heterocycles. The number of aliphatic hydroxyl groups is 1. The summed E-state index contributed by atoms with van der Waals surface area (Å²) >= 11 is 0. The van der Waals surface area contributed by atoms with Crippen molar-refractivity contribution in [2.75, 3.05) is 12.4 Å². The van der Waals surface area contributed by atoms with E-state index in [1.807, 2.05) is 0 Å². The Morgan fingerprint density at radius 2 is 1.80 bits per heavy atom. The Kier molecular flexibility index (Phi) is 7.00. The molecule has 0 aliphatic carbocycles. The molecule has 0 saturated carbocycles. The van der Waals surface area contributed by atoms with Gasteiger partial charge in [-0.25, -0.2) is 8.42 Å². The fourth-order valence-corrected chi connectivity index (χ4v) is 0.948. The van der Waals surface area contributed by atoms with Crippen molar-refractivity contribution in [1.29, 1.82) is 0 Å². The molecule has 0 aromatic carbocycles. The molecule has 5 N–H and O–H groups in total. The first-order chi connectivity index (χ1) is 4.06. The van der Waals surface area contributed by atoms with Gasteiger partial charge in [0.05, 0.1) is 10.1 Å². The molecule has 5 nitrogen and oxygen atoms in total. The van der Waals surface area contributed by atoms with Crippen molar-refractivity contribution >= 4 is 10.1 Å². The third kappa shape index (κ3) is 10.7. The van der Waals surface area contributed by atoms with Crippen LogP contribution in [0.3, 0.4) is 0 Å². The van der Waals surface area contributed by atoms with Gasteiger partial charge in [0.1, 0.15) is 0 Å². The van der Waals surface area contributed by atoms with E-state index >= 15 is 0 Å². The molecule has 64 valence electrons. The summed E-state index contributed by atoms with van der Waals surface area (Å²) in [5, 5.41) is 8.17. The fourth-order valence-electron chi connectivity index (χ4n) is 0.391. The van der Waals surface area contributed by atoms with Crippen molar-refractivity contribution in [2.45, 2.75) is 12.8 Å². The minimum atomic E-state index is -4.06. The van der Waals surface area contributed by atoms with Crippen LogP contribution in [0.15, 0.2) is 0 Å². The van der Waals surface area contributed by atoms with Crippen molar-refractivity contribution in [3.8, 4) is 0 Å². The van der Waals surface area contributed by atoms with E-state index in [-0.39, 0.29) is 24.9 Å². The Morgan fingerprint density at radius 1 is 1.30 bits per heavy atom. The van der Waals surface area contributed by atoms with Gasteiger partial charge in [0.25, 0.3) is 0 Å². The molecule has 0 rings (SSSR count). The zero-order valence-electron chi connectivity index (χ0n) is 5.91. The van der Waals surface area contributed by atoms with Gasteiger partial charge in [-0.1, -0.05) is 0 Å². The van der Waals surface area contributed by atoms with Gasteiger partial charge in [-0.3, -0.25) is 0 Å². The lowest BCUT2D eigenvalue weighted by molar-refractivity contribution is 0.286. The quantitative estimate of drug-likeness (QED) is 0.445. The van der Waals surface area contributed by atoms with Crippen LogP contribution in [0.25, 0.3) is 0 Å². The Bertz CT molecular complexity index is 153. The minimum absolute atomic E-state index is 0. The van der Waals surface area contributed by atoms with E-state index in [4.69, 9.17) is 5.11 Å². The highest BCUT2D eigenvalue weighted by atomic mass is 32.2. The van der Waals surface area contributed by atoms with Crippen molar-refractivity contribution < 1.29 is 18.1 Å². The number of aliphatic hydroxyl groups excluding tert-OH is 1. The lowest BCUT2D eigenvalue weighted by Crippen LogP contribution is -2.04. The van der Waals surface area contributed by atoms with Crippen LogP contribution in [-0.4, -0.2) is 30.4 Å². The van der Waals surface area contributed by atoms with Crippen LogP contribution >= 0.6 is 0 Å². The highest BCUT2D eigenvalue weighted by molar-refractivity contribution is 7.85. The van der Waals surface area contributed by atoms with Gasteiger partial charge < -0.3 is 15.8 Å². The van der Waals surface area contributed by atoms with E-state index in [2.05, 4.69) is 0 Å². The number of hydrogen-bond acceptors (Lipinski definition) is 4. The molecule has 0 radical (unpaired) electrons. The van der Waals surface area contributed by atoms with Crippen LogP contribution in [0.2, 0.25) is 0 Å². The van der Waals surface area contributed by atoms with Crippen LogP contribution in [0, 0.1) is 0 Å². The number of unbranched alkanes of at least 4 members (excludes halogenated alkanes) is 1. The summed E-state index contributed by atoms with van der Waals surface area (Å²) in [6, 6.07) is 0. The molecule has 0 fully saturated rings. The smallest absolute Gasteiger partial charge is 0.0945 e. The maximum Gasteiger partial charge on any atom is 0.0945 e. The van der Waals surface area contributed by atoms with E-state index in [0.29, 0.717) is 6.42 Å². The van der Waals surface area contributed by atoms with Crippen LogP contribution in [-0.2, 0) is 10.1 Å². The standard InChI is InChI=1S/C4H10O4S.H3N/c5-3-1-2-4-9(6,7)8;/h5H,1-4H2,(H,6,7,8);1H3. The Hall–Kier alpha value is -0.170. The van der Waals surface area contributed by atoms with Crippen LogP contribution in [0.5, 0.6) is 0 Å². The average molecular weight is 171 g/mol. The predicted molar refractivity (Wildman–Crippen MR) is 36.9 cm³/mol. The van der Waals surface area contributed by atoms with E-state index in [1.54, 1.807) is 0 Å². The van der Waals surface area contributed by atoms with Crippen molar-refractivity contribution in [3.63, 3.8) is 0 Å². The first-order valence-corrected chi connectivity index (χ1v) is 4.18. The maximum atomic E-state index is 9.87. The topological polar surface area (TPSA) is 114 Å². The van der Waals surface area contributed by atoms with Gasteiger partial charge in [0, 0.05) is 12.4 Å². The molecule has 0 aromatic rings. The second-order valence-electron chi connectivity index (χ2n) is 1.69. The largest absolute Gasteiger partial charge is 0.748 e. The molecule has 6 heteroatoms. The van der Waals surface area contributed by atoms with E-state index in [0.717, 1.165) is 0 Å². The van der Waals surface area contributed by atoms with E-state index in [1.165, 1.54) is 0 Å². The molecular weight excluding hydrogens is 158 g/mol. The van der Waals surface area contributed by atoms with Crippen molar-refractivity contribution in [3.05, 3.63) is 0 Å². The highest BCUT2D eigenvalue weighted by Crippen LogP contribution is 1.91. The van der Waals surface area contributed by atoms with Gasteiger partial charge in [-0.2, -0.15) is 0 Å². The Morgan fingerprint density at radius 3 is 2.10 bits per heavy atom. The molecule has 0 heterocycles. The first kappa shape index (κ1) is 12.5. The van der Waals surface area contributed by atoms with Gasteiger partial charge in [-0.05, 0) is 12.8 Å². The second kappa shape index (κ2) is 5.60. The molecule has 0 atom stereocenters. The van der Waals surface area contributed by atoms with Gasteiger partial charge in [-0.15, -0.1) is 0 Å². The van der Waals surface area contributed by atoms with Crippen LogP contribution in [0.1, 0.15) is 12.8 Å². The second-order valence-corrected chi connectivity index (χ2v) is 3.22. The third-order valence-corrected chi connectivity index (χ3v) is 1.59. The summed E-state index contributed by atoms with van der Waals surface area (Å²) < 4.78 is 29.6. The summed E-state index contributed by atoms with van der Waals surface area (Å²) in [6.45, 7) is -0.0600. The van der Waals surface area contributed by atoms with E-state index < -0.39 is 10.1 Å². The monoisotopic (exact) mass is 171 g/mol. The van der Waals surface area contributed by atoms with Gasteiger partial charge in [0.2, 0.25) is 0 Å². The predicted octanol–water partition coefficient (Wildman–Crippen LogP) is -0.320. The Balaban J connectivity index is 0. The summed E-state index contributed by atoms with van der Waals surface area (Å²) in [5.41, 5.74) is 0. The molecule has 0 amide bonds. The minimum Gasteiger partial charge on any atom is -0.748 e. The maximum absolute atomic E-state index is 9.87. The van der Waals surface area contributed by atoms with Crippen molar-refractivity contribution in [1.82, 2.24) is 6.15 Å². The third-order valence-electron chi connectivity index (χ3n) is 0.802. The molecule has 0 unspecified atom stereocenters. The molecule has 0 bridgehead atoms. The van der Waals surface area contributed by atoms with Crippen LogP contribution in [0.4, 0.5) is 0 Å². The summed E-state index contributed by atoms with van der Waals surface area (Å²) in [4.78, 5) is 0. The summed E-state index contributed by atoms with van der Waals surface area (Å²) in [5.74, 6) is -0.367. The zero-order valence-corrected chi connectivity index (χ0v) is 6.73. The highest BCUT2D eigenvalue weighted by Gasteiger charge is 1.92. The van der Waals surface area contributed by atoms with Crippen molar-refractivity contribution in [2.24, 2.45) is 0 Å². The molecule has 10 heavy (non-hydrogen) atoms. The molecule has 0 saturated heterocycles. The molecule has 0 aliphatic rings. The molecule has 0 aromatic heterocycles. The first-order valence-electron chi connectivity index (χ1n) is 2.60. The lowest BCUT2D eigenvalue weighted by Gasteiger charge is -2.03. The summed E-state index contributed by atoms with van der Waals surface area (Å²) in [7, 11) is -4.06. The Labute approximate surface area is 60.4 Å². The lowest BCUT2D eigenvalue weighted by atomic mass is 10.4. The zero-order chi connectivity index (χ0) is 7.33. The normalized spacial score (nSPS) is 10.6. The van der Waals surface area contributed by atoms with Gasteiger partial charge >= 0.3 is 0 Å². The fraction of sp³-hybridized carbons (Fsp3) is 1.00. The number of rotatable bonds is 4. The molecular formula is C4H13NO4S. The number of hydrogen-bond donors (Lipinski definition) is 2. The van der Waals surface area contributed by atoms with E-state index in [9.17, 15) is 13.0 Å².